The van der Waals surface area contributed by atoms with Gasteiger partial charge in [-0.1, -0.05) is 24.9 Å². The summed E-state index contributed by atoms with van der Waals surface area (Å²) in [6.45, 7) is 4.06. The van der Waals surface area contributed by atoms with Crippen LogP contribution in [0.3, 0.4) is 0 Å². The molecule has 4 heteroatoms. The maximum Gasteiger partial charge on any atom is 0.125 e. The van der Waals surface area contributed by atoms with Gasteiger partial charge in [-0.25, -0.2) is 4.39 Å². The van der Waals surface area contributed by atoms with Crippen molar-refractivity contribution in [1.29, 1.82) is 0 Å². The van der Waals surface area contributed by atoms with E-state index in [1.165, 1.54) is 6.07 Å². The first-order chi connectivity index (χ1) is 8.61. The lowest BCUT2D eigenvalue weighted by molar-refractivity contribution is 0.195. The molecule has 2 rings (SSSR count). The first-order valence-electron chi connectivity index (χ1n) is 6.57. The zero-order valence-electron chi connectivity index (χ0n) is 10.7. The van der Waals surface area contributed by atoms with E-state index < -0.39 is 0 Å². The number of nitrogens with two attached hydrogens (primary N) is 1. The van der Waals surface area contributed by atoms with Crippen LogP contribution in [0.5, 0.6) is 0 Å². The number of hydrogen-bond acceptors (Lipinski definition) is 2. The number of rotatable bonds is 2. The lowest BCUT2D eigenvalue weighted by Crippen LogP contribution is -2.39. The molecule has 2 unspecified atom stereocenters. The third-order valence-electron chi connectivity index (χ3n) is 3.66. The minimum Gasteiger partial charge on any atom is -0.326 e. The molecule has 18 heavy (non-hydrogen) atoms. The van der Waals surface area contributed by atoms with E-state index in [2.05, 4.69) is 11.8 Å². The van der Waals surface area contributed by atoms with Gasteiger partial charge in [-0.2, -0.15) is 0 Å². The van der Waals surface area contributed by atoms with Crippen LogP contribution >= 0.6 is 11.6 Å². The predicted octanol–water partition coefficient (Wildman–Crippen LogP) is 3.35. The molecule has 2 nitrogen and oxygen atoms in total. The molecule has 2 atom stereocenters. The van der Waals surface area contributed by atoms with Crippen LogP contribution in [0.2, 0.25) is 5.02 Å². The molecule has 0 aromatic heterocycles. The van der Waals surface area contributed by atoms with Gasteiger partial charge in [-0.3, -0.25) is 4.90 Å². The summed E-state index contributed by atoms with van der Waals surface area (Å²) >= 11 is 5.95. The zero-order chi connectivity index (χ0) is 13.1. The quantitative estimate of drug-likeness (QED) is 0.893. The van der Waals surface area contributed by atoms with E-state index in [1.54, 1.807) is 6.07 Å². The van der Waals surface area contributed by atoms with Crippen LogP contribution in [0, 0.1) is 5.82 Å². The Bertz CT molecular complexity index is 391. The molecule has 1 aliphatic heterocycles. The Hall–Kier alpha value is -0.640. The van der Waals surface area contributed by atoms with Gasteiger partial charge < -0.3 is 5.73 Å². The monoisotopic (exact) mass is 270 g/mol. The van der Waals surface area contributed by atoms with E-state index in [4.69, 9.17) is 17.3 Å². The van der Waals surface area contributed by atoms with Gasteiger partial charge in [-0.15, -0.1) is 0 Å². The van der Waals surface area contributed by atoms with Crippen molar-refractivity contribution in [3.63, 3.8) is 0 Å². The summed E-state index contributed by atoms with van der Waals surface area (Å²) in [4.78, 5) is 2.32. The maximum absolute atomic E-state index is 13.5. The molecule has 1 aliphatic rings. The summed E-state index contributed by atoms with van der Waals surface area (Å²) < 4.78 is 13.5. The molecule has 0 amide bonds. The van der Waals surface area contributed by atoms with Crippen LogP contribution in [0.1, 0.15) is 37.8 Å². The maximum atomic E-state index is 13.5. The smallest absolute Gasteiger partial charge is 0.125 e. The minimum atomic E-state index is -0.287. The van der Waals surface area contributed by atoms with Gasteiger partial charge in [0.2, 0.25) is 0 Å². The van der Waals surface area contributed by atoms with E-state index in [-0.39, 0.29) is 17.9 Å². The number of benzene rings is 1. The summed E-state index contributed by atoms with van der Waals surface area (Å²) in [5, 5.41) is 0.442. The van der Waals surface area contributed by atoms with Crippen molar-refractivity contribution in [3.8, 4) is 0 Å². The largest absolute Gasteiger partial charge is 0.326 e. The number of hydrogen-bond donors (Lipinski definition) is 1. The van der Waals surface area contributed by atoms with E-state index in [1.807, 2.05) is 6.07 Å². The second-order valence-electron chi connectivity index (χ2n) is 4.94. The Morgan fingerprint density at radius 1 is 1.39 bits per heavy atom. The average Bonchev–Trinajstić information content (AvgIpc) is 2.49. The highest BCUT2D eigenvalue weighted by Crippen LogP contribution is 2.31. The van der Waals surface area contributed by atoms with Gasteiger partial charge in [0, 0.05) is 11.1 Å². The van der Waals surface area contributed by atoms with Crippen molar-refractivity contribution in [2.75, 3.05) is 13.1 Å². The van der Waals surface area contributed by atoms with E-state index in [9.17, 15) is 4.39 Å². The van der Waals surface area contributed by atoms with Crippen molar-refractivity contribution < 1.29 is 4.39 Å². The minimum absolute atomic E-state index is 0.0466. The first-order valence-corrected chi connectivity index (χ1v) is 6.95. The SMILES string of the molecule is CCN1CCCCC(N)C1c1cc(F)cc(Cl)c1. The zero-order valence-corrected chi connectivity index (χ0v) is 11.5. The summed E-state index contributed by atoms with van der Waals surface area (Å²) in [5.74, 6) is -0.287. The summed E-state index contributed by atoms with van der Waals surface area (Å²) in [6.07, 6.45) is 3.27. The number of halogens is 2. The highest BCUT2D eigenvalue weighted by atomic mass is 35.5. The molecule has 1 heterocycles. The molecule has 0 aliphatic carbocycles. The Kier molecular flexibility index (Phi) is 4.60. The molecule has 0 bridgehead atoms. The Morgan fingerprint density at radius 2 is 2.17 bits per heavy atom. The van der Waals surface area contributed by atoms with Gasteiger partial charge in [0.05, 0.1) is 6.04 Å². The van der Waals surface area contributed by atoms with Gasteiger partial charge >= 0.3 is 0 Å². The van der Waals surface area contributed by atoms with Crippen molar-refractivity contribution in [3.05, 3.63) is 34.6 Å². The summed E-state index contributed by atoms with van der Waals surface area (Å²) in [5.41, 5.74) is 7.17. The fourth-order valence-electron chi connectivity index (χ4n) is 2.82. The van der Waals surface area contributed by atoms with Crippen LogP contribution in [-0.2, 0) is 0 Å². The fraction of sp³-hybridized carbons (Fsp3) is 0.571. The first kappa shape index (κ1) is 13.8. The molecule has 0 saturated carbocycles. The van der Waals surface area contributed by atoms with Crippen molar-refractivity contribution in [2.24, 2.45) is 5.73 Å². The second kappa shape index (κ2) is 6.00. The van der Waals surface area contributed by atoms with Crippen LogP contribution in [0.25, 0.3) is 0 Å². The number of likely N-dealkylation sites (tertiary alicyclic amines) is 1. The molecular weight excluding hydrogens is 251 g/mol. The van der Waals surface area contributed by atoms with Crippen LogP contribution in [0.4, 0.5) is 4.39 Å². The lowest BCUT2D eigenvalue weighted by Gasteiger charge is -2.33. The van der Waals surface area contributed by atoms with Crippen LogP contribution < -0.4 is 5.73 Å². The molecule has 0 spiro atoms. The predicted molar refractivity (Wildman–Crippen MR) is 73.2 cm³/mol. The normalized spacial score (nSPS) is 26.0. The standard InChI is InChI=1S/C14H20ClFN2/c1-2-18-6-4-3-5-13(17)14(18)10-7-11(15)9-12(16)8-10/h7-9,13-14H,2-6,17H2,1H3. The van der Waals surface area contributed by atoms with Crippen LogP contribution in [0.15, 0.2) is 18.2 Å². The molecule has 0 radical (unpaired) electrons. The van der Waals surface area contributed by atoms with Gasteiger partial charge in [0.15, 0.2) is 0 Å². The molecule has 1 saturated heterocycles. The van der Waals surface area contributed by atoms with Gasteiger partial charge in [0.25, 0.3) is 0 Å². The average molecular weight is 271 g/mol. The summed E-state index contributed by atoms with van der Waals surface area (Å²) in [6, 6.07) is 4.85. The Labute approximate surface area is 113 Å². The topological polar surface area (TPSA) is 29.3 Å². The molecule has 1 fully saturated rings. The highest BCUT2D eigenvalue weighted by Gasteiger charge is 2.28. The van der Waals surface area contributed by atoms with Crippen molar-refractivity contribution in [2.45, 2.75) is 38.3 Å². The highest BCUT2D eigenvalue weighted by molar-refractivity contribution is 6.30. The van der Waals surface area contributed by atoms with Crippen molar-refractivity contribution in [1.82, 2.24) is 4.90 Å². The van der Waals surface area contributed by atoms with E-state index in [0.717, 1.165) is 37.9 Å². The van der Waals surface area contributed by atoms with E-state index >= 15 is 0 Å². The number of likely N-dealkylation sites (N-methyl/N-ethyl adjacent to an activating group) is 1. The third kappa shape index (κ3) is 3.02. The molecule has 1 aromatic rings. The Balaban J connectivity index is 2.36. The molecule has 100 valence electrons. The molecule has 2 N–H and O–H groups in total. The summed E-state index contributed by atoms with van der Waals surface area (Å²) in [7, 11) is 0. The fourth-order valence-corrected chi connectivity index (χ4v) is 3.05. The van der Waals surface area contributed by atoms with Gasteiger partial charge in [0.1, 0.15) is 5.82 Å². The molecular formula is C14H20ClFN2. The number of nitrogens with zero attached hydrogens (tertiary/aromatic N) is 1. The van der Waals surface area contributed by atoms with Crippen LogP contribution in [-0.4, -0.2) is 24.0 Å². The van der Waals surface area contributed by atoms with Gasteiger partial charge in [-0.05, 0) is 49.7 Å². The Morgan fingerprint density at radius 3 is 2.83 bits per heavy atom. The van der Waals surface area contributed by atoms with Crippen molar-refractivity contribution >= 4 is 11.6 Å². The third-order valence-corrected chi connectivity index (χ3v) is 3.88. The molecule has 1 aromatic carbocycles. The second-order valence-corrected chi connectivity index (χ2v) is 5.37. The lowest BCUT2D eigenvalue weighted by atomic mass is 9.96. The van der Waals surface area contributed by atoms with E-state index in [0.29, 0.717) is 5.02 Å².